The SMILES string of the molecule is Cc1cncc(CC(c2cnc[nH]2)c2cccc(C)c2C)n1. The molecule has 1 aromatic carbocycles. The summed E-state index contributed by atoms with van der Waals surface area (Å²) >= 11 is 0. The molecule has 4 heteroatoms. The van der Waals surface area contributed by atoms with E-state index in [0.717, 1.165) is 23.5 Å². The number of H-pyrrole nitrogens is 1. The number of aromatic amines is 1. The zero-order chi connectivity index (χ0) is 15.5. The number of aromatic nitrogens is 4. The maximum Gasteiger partial charge on any atom is 0.0921 e. The zero-order valence-corrected chi connectivity index (χ0v) is 13.2. The van der Waals surface area contributed by atoms with Crippen molar-refractivity contribution in [2.24, 2.45) is 0 Å². The fourth-order valence-electron chi connectivity index (χ4n) is 2.82. The third kappa shape index (κ3) is 2.91. The van der Waals surface area contributed by atoms with E-state index in [9.17, 15) is 0 Å². The van der Waals surface area contributed by atoms with Gasteiger partial charge >= 0.3 is 0 Å². The van der Waals surface area contributed by atoms with E-state index in [-0.39, 0.29) is 5.92 Å². The van der Waals surface area contributed by atoms with Crippen LogP contribution in [-0.4, -0.2) is 19.9 Å². The third-order valence-corrected chi connectivity index (χ3v) is 4.13. The van der Waals surface area contributed by atoms with Gasteiger partial charge in [0.25, 0.3) is 0 Å². The maximum atomic E-state index is 4.60. The van der Waals surface area contributed by atoms with Gasteiger partial charge in [-0.3, -0.25) is 9.97 Å². The molecule has 4 nitrogen and oxygen atoms in total. The van der Waals surface area contributed by atoms with E-state index in [1.165, 1.54) is 16.7 Å². The van der Waals surface area contributed by atoms with Crippen molar-refractivity contribution in [3.8, 4) is 0 Å². The Morgan fingerprint density at radius 1 is 1.05 bits per heavy atom. The summed E-state index contributed by atoms with van der Waals surface area (Å²) in [5, 5.41) is 0. The smallest absolute Gasteiger partial charge is 0.0921 e. The van der Waals surface area contributed by atoms with Crippen LogP contribution in [0.3, 0.4) is 0 Å². The summed E-state index contributed by atoms with van der Waals surface area (Å²) in [6.45, 7) is 6.30. The molecule has 112 valence electrons. The van der Waals surface area contributed by atoms with Gasteiger partial charge in [0, 0.05) is 36.6 Å². The average Bonchev–Trinajstić information content (AvgIpc) is 3.02. The molecule has 0 amide bonds. The fourth-order valence-corrected chi connectivity index (χ4v) is 2.82. The second-order valence-electron chi connectivity index (χ2n) is 5.70. The van der Waals surface area contributed by atoms with Crippen LogP contribution < -0.4 is 0 Å². The average molecular weight is 292 g/mol. The number of nitrogens with zero attached hydrogens (tertiary/aromatic N) is 3. The molecule has 0 fully saturated rings. The van der Waals surface area contributed by atoms with Gasteiger partial charge in [-0.05, 0) is 37.5 Å². The van der Waals surface area contributed by atoms with Crippen LogP contribution in [0.2, 0.25) is 0 Å². The number of hydrogen-bond donors (Lipinski definition) is 1. The topological polar surface area (TPSA) is 54.5 Å². The summed E-state index contributed by atoms with van der Waals surface area (Å²) in [7, 11) is 0. The first-order valence-electron chi connectivity index (χ1n) is 7.47. The van der Waals surface area contributed by atoms with Crippen molar-refractivity contribution in [3.05, 3.63) is 76.9 Å². The van der Waals surface area contributed by atoms with Crippen molar-refractivity contribution in [1.82, 2.24) is 19.9 Å². The van der Waals surface area contributed by atoms with E-state index >= 15 is 0 Å². The minimum Gasteiger partial charge on any atom is -0.348 e. The van der Waals surface area contributed by atoms with Gasteiger partial charge in [-0.1, -0.05) is 18.2 Å². The number of rotatable bonds is 4. The van der Waals surface area contributed by atoms with Crippen molar-refractivity contribution in [2.75, 3.05) is 0 Å². The van der Waals surface area contributed by atoms with Crippen LogP contribution in [0, 0.1) is 20.8 Å². The lowest BCUT2D eigenvalue weighted by molar-refractivity contribution is 0.746. The minimum absolute atomic E-state index is 0.207. The monoisotopic (exact) mass is 292 g/mol. The number of hydrogen-bond acceptors (Lipinski definition) is 3. The van der Waals surface area contributed by atoms with E-state index in [1.807, 2.05) is 19.3 Å². The predicted octanol–water partition coefficient (Wildman–Crippen LogP) is 3.50. The molecule has 1 atom stereocenters. The van der Waals surface area contributed by atoms with Crippen molar-refractivity contribution >= 4 is 0 Å². The molecule has 0 aliphatic rings. The van der Waals surface area contributed by atoms with Crippen LogP contribution in [0.5, 0.6) is 0 Å². The summed E-state index contributed by atoms with van der Waals surface area (Å²) in [6, 6.07) is 6.45. The van der Waals surface area contributed by atoms with Gasteiger partial charge in [-0.2, -0.15) is 0 Å². The molecule has 0 saturated carbocycles. The van der Waals surface area contributed by atoms with Crippen molar-refractivity contribution in [2.45, 2.75) is 33.1 Å². The molecule has 22 heavy (non-hydrogen) atoms. The van der Waals surface area contributed by atoms with Crippen molar-refractivity contribution in [3.63, 3.8) is 0 Å². The number of aryl methyl sites for hydroxylation is 2. The Labute approximate surface area is 130 Å². The van der Waals surface area contributed by atoms with Crippen LogP contribution in [0.25, 0.3) is 0 Å². The van der Waals surface area contributed by atoms with Gasteiger partial charge in [0.05, 0.1) is 17.7 Å². The fraction of sp³-hybridized carbons (Fsp3) is 0.278. The molecule has 0 aliphatic heterocycles. The summed E-state index contributed by atoms with van der Waals surface area (Å²) in [5.41, 5.74) is 6.99. The highest BCUT2D eigenvalue weighted by Gasteiger charge is 2.19. The number of benzene rings is 1. The van der Waals surface area contributed by atoms with Crippen LogP contribution in [0.15, 0.2) is 43.1 Å². The van der Waals surface area contributed by atoms with E-state index in [4.69, 9.17) is 0 Å². The third-order valence-electron chi connectivity index (χ3n) is 4.13. The Morgan fingerprint density at radius 3 is 2.64 bits per heavy atom. The van der Waals surface area contributed by atoms with E-state index < -0.39 is 0 Å². The normalized spacial score (nSPS) is 12.3. The molecule has 0 radical (unpaired) electrons. The van der Waals surface area contributed by atoms with Crippen molar-refractivity contribution < 1.29 is 0 Å². The zero-order valence-electron chi connectivity index (χ0n) is 13.2. The summed E-state index contributed by atoms with van der Waals surface area (Å²) < 4.78 is 0. The quantitative estimate of drug-likeness (QED) is 0.800. The highest BCUT2D eigenvalue weighted by molar-refractivity contribution is 5.39. The molecule has 0 spiro atoms. The van der Waals surface area contributed by atoms with Gasteiger partial charge in [-0.15, -0.1) is 0 Å². The molecule has 3 aromatic rings. The molecule has 1 N–H and O–H groups in total. The van der Waals surface area contributed by atoms with Crippen LogP contribution >= 0.6 is 0 Å². The molecule has 0 aliphatic carbocycles. The lowest BCUT2D eigenvalue weighted by Crippen LogP contribution is -2.10. The number of imidazole rings is 1. The second kappa shape index (κ2) is 6.10. The van der Waals surface area contributed by atoms with E-state index in [1.54, 1.807) is 12.5 Å². The van der Waals surface area contributed by atoms with Gasteiger partial charge < -0.3 is 4.98 Å². The molecule has 0 saturated heterocycles. The summed E-state index contributed by atoms with van der Waals surface area (Å²) in [6.07, 6.45) is 8.07. The van der Waals surface area contributed by atoms with Crippen molar-refractivity contribution in [1.29, 1.82) is 0 Å². The molecule has 2 heterocycles. The molecular weight excluding hydrogens is 272 g/mol. The Kier molecular flexibility index (Phi) is 4.00. The second-order valence-corrected chi connectivity index (χ2v) is 5.70. The Morgan fingerprint density at radius 2 is 1.91 bits per heavy atom. The number of nitrogens with one attached hydrogen (secondary N) is 1. The Balaban J connectivity index is 2.03. The minimum atomic E-state index is 0.207. The molecule has 2 aromatic heterocycles. The van der Waals surface area contributed by atoms with Crippen LogP contribution in [0.1, 0.15) is 39.7 Å². The Hall–Kier alpha value is -2.49. The predicted molar refractivity (Wildman–Crippen MR) is 86.8 cm³/mol. The van der Waals surface area contributed by atoms with Gasteiger partial charge in [0.15, 0.2) is 0 Å². The maximum absolute atomic E-state index is 4.60. The van der Waals surface area contributed by atoms with E-state index in [0.29, 0.717) is 0 Å². The highest BCUT2D eigenvalue weighted by atomic mass is 14.9. The van der Waals surface area contributed by atoms with Gasteiger partial charge in [-0.25, -0.2) is 4.98 Å². The summed E-state index contributed by atoms with van der Waals surface area (Å²) in [4.78, 5) is 16.3. The molecule has 1 unspecified atom stereocenters. The largest absolute Gasteiger partial charge is 0.348 e. The van der Waals surface area contributed by atoms with Gasteiger partial charge in [0.1, 0.15) is 0 Å². The molecular formula is C18H20N4. The lowest BCUT2D eigenvalue weighted by atomic mass is 9.87. The lowest BCUT2D eigenvalue weighted by Gasteiger charge is -2.19. The van der Waals surface area contributed by atoms with E-state index in [2.05, 4.69) is 52.0 Å². The Bertz CT molecular complexity index is 763. The molecule has 3 rings (SSSR count). The summed E-state index contributed by atoms with van der Waals surface area (Å²) in [5.74, 6) is 0.207. The first kappa shape index (κ1) is 14.4. The standard InChI is InChI=1S/C18H20N4/c1-12-5-4-6-16(14(12)3)17(18-10-20-11-21-18)7-15-9-19-8-13(2)22-15/h4-6,8-11,17H,7H2,1-3H3,(H,20,21). The first-order valence-corrected chi connectivity index (χ1v) is 7.47. The van der Waals surface area contributed by atoms with Crippen LogP contribution in [0.4, 0.5) is 0 Å². The highest BCUT2D eigenvalue weighted by Crippen LogP contribution is 2.30. The van der Waals surface area contributed by atoms with Gasteiger partial charge in [0.2, 0.25) is 0 Å². The molecule has 0 bridgehead atoms. The first-order chi connectivity index (χ1) is 10.6. The van der Waals surface area contributed by atoms with Crippen LogP contribution in [-0.2, 0) is 6.42 Å².